The van der Waals surface area contributed by atoms with Gasteiger partial charge in [0, 0.05) is 12.0 Å². The lowest BCUT2D eigenvalue weighted by molar-refractivity contribution is -0.126. The predicted octanol–water partition coefficient (Wildman–Crippen LogP) is 1.94. The molecule has 12 heavy (non-hydrogen) atoms. The number of rotatable bonds is 4. The van der Waals surface area contributed by atoms with Gasteiger partial charge < -0.3 is 0 Å². The topological polar surface area (TPSA) is 20.3 Å². The average molecular weight is 171 g/mol. The third-order valence-corrected chi connectivity index (χ3v) is 2.41. The summed E-state index contributed by atoms with van der Waals surface area (Å²) in [7, 11) is 2.00. The van der Waals surface area contributed by atoms with E-state index >= 15 is 0 Å². The number of carbonyl (C=O) groups is 1. The summed E-state index contributed by atoms with van der Waals surface area (Å²) in [5.74, 6) is 0.465. The number of hydrogen-bond donors (Lipinski definition) is 0. The minimum Gasteiger partial charge on any atom is -0.298 e. The van der Waals surface area contributed by atoms with Gasteiger partial charge in [0.2, 0.25) is 0 Å². The highest BCUT2D eigenvalue weighted by Gasteiger charge is 2.21. The van der Waals surface area contributed by atoms with Crippen LogP contribution in [0.4, 0.5) is 0 Å². The van der Waals surface area contributed by atoms with E-state index in [1.807, 2.05) is 27.8 Å². The molecule has 2 nitrogen and oxygen atoms in total. The molecule has 0 radical (unpaired) electrons. The van der Waals surface area contributed by atoms with E-state index in [2.05, 4.69) is 18.7 Å². The highest BCUT2D eigenvalue weighted by Crippen LogP contribution is 2.07. The molecule has 0 unspecified atom stereocenters. The highest BCUT2D eigenvalue weighted by molar-refractivity contribution is 5.85. The third kappa shape index (κ3) is 2.94. The average Bonchev–Trinajstić information content (AvgIpc) is 2.00. The Balaban J connectivity index is 4.19. The number of likely N-dealkylation sites (N-methyl/N-ethyl adjacent to an activating group) is 1. The van der Waals surface area contributed by atoms with Crippen molar-refractivity contribution in [2.75, 3.05) is 7.05 Å². The maximum atomic E-state index is 11.5. The van der Waals surface area contributed by atoms with Gasteiger partial charge >= 0.3 is 0 Å². The van der Waals surface area contributed by atoms with Crippen molar-refractivity contribution in [3.05, 3.63) is 0 Å². The molecule has 0 saturated heterocycles. The minimum atomic E-state index is 0.0463. The summed E-state index contributed by atoms with van der Waals surface area (Å²) < 4.78 is 0. The van der Waals surface area contributed by atoms with Crippen LogP contribution < -0.4 is 0 Å². The Kier molecular flexibility index (Phi) is 4.46. The lowest BCUT2D eigenvalue weighted by atomic mass is 10.0. The maximum Gasteiger partial charge on any atom is 0.152 e. The minimum absolute atomic E-state index is 0.0463. The fourth-order valence-electron chi connectivity index (χ4n) is 1.13. The first kappa shape index (κ1) is 11.6. The standard InChI is InChI=1S/C10H21NO/c1-7(2)10(12)9(5)11(6)8(3)4/h7-9H,1-6H3/t9-/m1/s1. The molecule has 0 amide bonds. The fraction of sp³-hybridized carbons (Fsp3) is 0.900. The van der Waals surface area contributed by atoms with E-state index < -0.39 is 0 Å². The van der Waals surface area contributed by atoms with E-state index in [-0.39, 0.29) is 12.0 Å². The van der Waals surface area contributed by atoms with Gasteiger partial charge in [0.25, 0.3) is 0 Å². The van der Waals surface area contributed by atoms with Crippen LogP contribution in [-0.2, 0) is 4.79 Å². The summed E-state index contributed by atoms with van der Waals surface area (Å²) in [6.45, 7) is 10.1. The molecule has 0 heterocycles. The number of nitrogens with zero attached hydrogens (tertiary/aromatic N) is 1. The Morgan fingerprint density at radius 1 is 1.08 bits per heavy atom. The Hall–Kier alpha value is -0.370. The van der Waals surface area contributed by atoms with Gasteiger partial charge in [-0.05, 0) is 27.8 Å². The first-order valence-corrected chi connectivity index (χ1v) is 4.63. The van der Waals surface area contributed by atoms with Crippen LogP contribution in [0.2, 0.25) is 0 Å². The Morgan fingerprint density at radius 2 is 1.50 bits per heavy atom. The highest BCUT2D eigenvalue weighted by atomic mass is 16.1. The van der Waals surface area contributed by atoms with Crippen molar-refractivity contribution in [1.29, 1.82) is 0 Å². The monoisotopic (exact) mass is 171 g/mol. The zero-order valence-corrected chi connectivity index (χ0v) is 9.09. The molecule has 1 atom stereocenters. The van der Waals surface area contributed by atoms with Gasteiger partial charge in [-0.1, -0.05) is 13.8 Å². The Morgan fingerprint density at radius 3 is 1.75 bits per heavy atom. The molecule has 0 fully saturated rings. The molecule has 0 spiro atoms. The normalized spacial score (nSPS) is 14.4. The quantitative estimate of drug-likeness (QED) is 0.644. The SMILES string of the molecule is CC(C)C(=O)[C@@H](C)N(C)C(C)C. The van der Waals surface area contributed by atoms with Crippen molar-refractivity contribution in [1.82, 2.24) is 4.90 Å². The van der Waals surface area contributed by atoms with Gasteiger partial charge in [-0.25, -0.2) is 0 Å². The third-order valence-electron chi connectivity index (χ3n) is 2.41. The summed E-state index contributed by atoms with van der Waals surface area (Å²) in [5, 5.41) is 0. The first-order valence-electron chi connectivity index (χ1n) is 4.63. The van der Waals surface area contributed by atoms with Crippen molar-refractivity contribution >= 4 is 5.78 Å². The molecule has 0 bridgehead atoms. The van der Waals surface area contributed by atoms with Crippen LogP contribution >= 0.6 is 0 Å². The van der Waals surface area contributed by atoms with Crippen molar-refractivity contribution in [3.8, 4) is 0 Å². The number of hydrogen-bond acceptors (Lipinski definition) is 2. The van der Waals surface area contributed by atoms with Crippen LogP contribution in [0.5, 0.6) is 0 Å². The van der Waals surface area contributed by atoms with Crippen LogP contribution in [0.3, 0.4) is 0 Å². The molecular weight excluding hydrogens is 150 g/mol. The zero-order valence-electron chi connectivity index (χ0n) is 9.09. The molecule has 0 aliphatic carbocycles. The second kappa shape index (κ2) is 4.61. The molecule has 0 aliphatic rings. The van der Waals surface area contributed by atoms with Gasteiger partial charge in [0.05, 0.1) is 6.04 Å². The summed E-state index contributed by atoms with van der Waals surface area (Å²) in [6.07, 6.45) is 0. The van der Waals surface area contributed by atoms with Gasteiger partial charge in [0.15, 0.2) is 5.78 Å². The molecule has 72 valence electrons. The zero-order chi connectivity index (χ0) is 9.89. The molecule has 0 aromatic rings. The smallest absolute Gasteiger partial charge is 0.152 e. The molecule has 0 aliphatic heterocycles. The second-order valence-electron chi connectivity index (χ2n) is 3.99. The van der Waals surface area contributed by atoms with Gasteiger partial charge in [-0.15, -0.1) is 0 Å². The molecule has 0 rings (SSSR count). The molecule has 0 saturated carbocycles. The predicted molar refractivity (Wildman–Crippen MR) is 52.2 cm³/mol. The van der Waals surface area contributed by atoms with Crippen molar-refractivity contribution < 1.29 is 4.79 Å². The van der Waals surface area contributed by atoms with Gasteiger partial charge in [-0.2, -0.15) is 0 Å². The van der Waals surface area contributed by atoms with Crippen molar-refractivity contribution in [2.24, 2.45) is 5.92 Å². The number of ketones is 1. The second-order valence-corrected chi connectivity index (χ2v) is 3.99. The van der Waals surface area contributed by atoms with Crippen LogP contribution in [0.25, 0.3) is 0 Å². The summed E-state index contributed by atoms with van der Waals surface area (Å²) in [6, 6.07) is 0.479. The van der Waals surface area contributed by atoms with Crippen LogP contribution in [0.1, 0.15) is 34.6 Å². The first-order chi connectivity index (χ1) is 5.37. The Bertz CT molecular complexity index is 152. The Labute approximate surface area is 75.9 Å². The molecule has 2 heteroatoms. The van der Waals surface area contributed by atoms with Crippen molar-refractivity contribution in [3.63, 3.8) is 0 Å². The van der Waals surface area contributed by atoms with Gasteiger partial charge in [0.1, 0.15) is 0 Å². The van der Waals surface area contributed by atoms with Crippen LogP contribution in [0, 0.1) is 5.92 Å². The van der Waals surface area contributed by atoms with E-state index in [1.54, 1.807) is 0 Å². The van der Waals surface area contributed by atoms with E-state index in [4.69, 9.17) is 0 Å². The fourth-order valence-corrected chi connectivity index (χ4v) is 1.13. The number of carbonyl (C=O) groups excluding carboxylic acids is 1. The van der Waals surface area contributed by atoms with Gasteiger partial charge in [-0.3, -0.25) is 9.69 Å². The van der Waals surface area contributed by atoms with E-state index in [0.717, 1.165) is 0 Å². The molecule has 0 aromatic carbocycles. The van der Waals surface area contributed by atoms with Crippen molar-refractivity contribution in [2.45, 2.75) is 46.7 Å². The number of Topliss-reactive ketones (excluding diaryl/α,β-unsaturated/α-hetero) is 1. The maximum absolute atomic E-state index is 11.5. The lowest BCUT2D eigenvalue weighted by Crippen LogP contribution is -2.42. The van der Waals surface area contributed by atoms with E-state index in [1.165, 1.54) is 0 Å². The summed E-state index contributed by atoms with van der Waals surface area (Å²) in [5.41, 5.74) is 0. The van der Waals surface area contributed by atoms with E-state index in [9.17, 15) is 4.79 Å². The molecular formula is C10H21NO. The van der Waals surface area contributed by atoms with Crippen LogP contribution in [-0.4, -0.2) is 29.8 Å². The molecule has 0 aromatic heterocycles. The largest absolute Gasteiger partial charge is 0.298 e. The van der Waals surface area contributed by atoms with Crippen LogP contribution in [0.15, 0.2) is 0 Å². The lowest BCUT2D eigenvalue weighted by Gasteiger charge is -2.28. The van der Waals surface area contributed by atoms with E-state index in [0.29, 0.717) is 11.8 Å². The molecule has 0 N–H and O–H groups in total. The summed E-state index contributed by atoms with van der Waals surface area (Å²) >= 11 is 0. The summed E-state index contributed by atoms with van der Waals surface area (Å²) in [4.78, 5) is 13.6.